The Morgan fingerprint density at radius 3 is 2.76 bits per heavy atom. The fourth-order valence-corrected chi connectivity index (χ4v) is 5.13. The SMILES string of the molecule is Cc1cc(C)c(-n2cccn2)c(CN2CCCC(CS(C)(=O)=O)C2)c1. The minimum atomic E-state index is -2.92. The Morgan fingerprint density at radius 1 is 1.28 bits per heavy atom. The number of benzene rings is 1. The molecule has 0 saturated carbocycles. The summed E-state index contributed by atoms with van der Waals surface area (Å²) >= 11 is 0. The number of hydrogen-bond acceptors (Lipinski definition) is 4. The lowest BCUT2D eigenvalue weighted by molar-refractivity contribution is 0.177. The molecular formula is C19H27N3O2S. The minimum absolute atomic E-state index is 0.239. The Bertz CT molecular complexity index is 829. The van der Waals surface area contributed by atoms with Crippen LogP contribution in [-0.4, -0.2) is 48.2 Å². The van der Waals surface area contributed by atoms with Crippen molar-refractivity contribution in [3.8, 4) is 5.69 Å². The summed E-state index contributed by atoms with van der Waals surface area (Å²) in [6, 6.07) is 6.35. The fraction of sp³-hybridized carbons (Fsp3) is 0.526. The lowest BCUT2D eigenvalue weighted by Gasteiger charge is -2.33. The molecule has 1 aliphatic heterocycles. The van der Waals surface area contributed by atoms with E-state index in [0.29, 0.717) is 5.75 Å². The highest BCUT2D eigenvalue weighted by atomic mass is 32.2. The van der Waals surface area contributed by atoms with Crippen molar-refractivity contribution in [2.24, 2.45) is 5.92 Å². The molecule has 136 valence electrons. The van der Waals surface area contributed by atoms with Crippen LogP contribution >= 0.6 is 0 Å². The second-order valence-corrected chi connectivity index (χ2v) is 9.56. The second kappa shape index (κ2) is 7.30. The second-order valence-electron chi connectivity index (χ2n) is 7.38. The van der Waals surface area contributed by atoms with Gasteiger partial charge in [0.15, 0.2) is 0 Å². The summed E-state index contributed by atoms with van der Waals surface area (Å²) in [6.45, 7) is 6.94. The smallest absolute Gasteiger partial charge is 0.147 e. The largest absolute Gasteiger partial charge is 0.299 e. The zero-order valence-corrected chi connectivity index (χ0v) is 16.1. The zero-order chi connectivity index (χ0) is 18.0. The Balaban J connectivity index is 1.83. The first-order chi connectivity index (χ1) is 11.8. The third-order valence-corrected chi connectivity index (χ3v) is 5.87. The number of aryl methyl sites for hydroxylation is 2. The molecule has 25 heavy (non-hydrogen) atoms. The topological polar surface area (TPSA) is 55.2 Å². The van der Waals surface area contributed by atoms with E-state index < -0.39 is 9.84 Å². The van der Waals surface area contributed by atoms with Gasteiger partial charge in [0.05, 0.1) is 11.4 Å². The van der Waals surface area contributed by atoms with Crippen LogP contribution in [0.2, 0.25) is 0 Å². The van der Waals surface area contributed by atoms with E-state index in [1.807, 2.05) is 16.9 Å². The van der Waals surface area contributed by atoms with Crippen molar-refractivity contribution >= 4 is 9.84 Å². The quantitative estimate of drug-likeness (QED) is 0.822. The van der Waals surface area contributed by atoms with E-state index in [4.69, 9.17) is 0 Å². The number of piperidine rings is 1. The number of hydrogen-bond donors (Lipinski definition) is 0. The van der Waals surface area contributed by atoms with Crippen molar-refractivity contribution in [1.29, 1.82) is 0 Å². The Kier molecular flexibility index (Phi) is 5.29. The molecule has 0 spiro atoms. The summed E-state index contributed by atoms with van der Waals surface area (Å²) in [7, 11) is -2.92. The van der Waals surface area contributed by atoms with E-state index in [0.717, 1.165) is 38.2 Å². The molecule has 0 radical (unpaired) electrons. The van der Waals surface area contributed by atoms with Gasteiger partial charge in [-0.15, -0.1) is 0 Å². The average molecular weight is 362 g/mol. The monoisotopic (exact) mass is 361 g/mol. The number of likely N-dealkylation sites (tertiary alicyclic amines) is 1. The summed E-state index contributed by atoms with van der Waals surface area (Å²) in [5, 5.41) is 4.41. The van der Waals surface area contributed by atoms with Crippen molar-refractivity contribution in [2.45, 2.75) is 33.2 Å². The van der Waals surface area contributed by atoms with Crippen LogP contribution in [0.15, 0.2) is 30.6 Å². The van der Waals surface area contributed by atoms with Crippen LogP contribution in [0.25, 0.3) is 5.69 Å². The molecule has 1 saturated heterocycles. The summed E-state index contributed by atoms with van der Waals surface area (Å²) in [5.74, 6) is 0.533. The van der Waals surface area contributed by atoms with Crippen LogP contribution in [0.1, 0.15) is 29.5 Å². The van der Waals surface area contributed by atoms with E-state index >= 15 is 0 Å². The summed E-state index contributed by atoms with van der Waals surface area (Å²) in [5.41, 5.74) is 4.85. The van der Waals surface area contributed by atoms with Crippen LogP contribution in [0.5, 0.6) is 0 Å². The molecule has 5 nitrogen and oxygen atoms in total. The molecule has 2 aromatic rings. The Hall–Kier alpha value is -1.66. The van der Waals surface area contributed by atoms with Gasteiger partial charge in [0.1, 0.15) is 9.84 Å². The standard InChI is InChI=1S/C19H27N3O2S/c1-15-10-16(2)19(22-9-5-7-20-22)18(11-15)13-21-8-4-6-17(12-21)14-25(3,23)24/h5,7,9-11,17H,4,6,8,12-14H2,1-3H3. The van der Waals surface area contributed by atoms with Crippen LogP contribution in [0.3, 0.4) is 0 Å². The third kappa shape index (κ3) is 4.70. The van der Waals surface area contributed by atoms with Gasteiger partial charge in [-0.25, -0.2) is 13.1 Å². The number of aromatic nitrogens is 2. The maximum absolute atomic E-state index is 11.6. The molecule has 0 aliphatic carbocycles. The average Bonchev–Trinajstić information content (AvgIpc) is 2.99. The van der Waals surface area contributed by atoms with E-state index in [9.17, 15) is 8.42 Å². The molecule has 1 aromatic heterocycles. The molecule has 3 rings (SSSR count). The third-order valence-electron chi connectivity index (χ3n) is 4.79. The fourth-order valence-electron chi connectivity index (χ4n) is 4.00. The Morgan fingerprint density at radius 2 is 2.08 bits per heavy atom. The van der Waals surface area contributed by atoms with E-state index in [-0.39, 0.29) is 5.92 Å². The van der Waals surface area contributed by atoms with Gasteiger partial charge >= 0.3 is 0 Å². The lowest BCUT2D eigenvalue weighted by Crippen LogP contribution is -2.37. The van der Waals surface area contributed by atoms with E-state index in [2.05, 4.69) is 36.0 Å². The van der Waals surface area contributed by atoms with Crippen LogP contribution in [0.4, 0.5) is 0 Å². The first kappa shape index (κ1) is 18.1. The molecule has 1 aliphatic rings. The van der Waals surface area contributed by atoms with E-state index in [1.54, 1.807) is 6.20 Å². The summed E-state index contributed by atoms with van der Waals surface area (Å²) in [6.07, 6.45) is 7.17. The highest BCUT2D eigenvalue weighted by Gasteiger charge is 2.24. The molecule has 0 bridgehead atoms. The van der Waals surface area contributed by atoms with Gasteiger partial charge < -0.3 is 0 Å². The lowest BCUT2D eigenvalue weighted by atomic mass is 9.98. The normalized spacial score (nSPS) is 19.2. The van der Waals surface area contributed by atoms with Crippen LogP contribution in [-0.2, 0) is 16.4 Å². The molecule has 1 aromatic carbocycles. The van der Waals surface area contributed by atoms with Crippen molar-refractivity contribution in [2.75, 3.05) is 25.1 Å². The number of sulfone groups is 1. The summed E-state index contributed by atoms with van der Waals surface area (Å²) < 4.78 is 25.2. The van der Waals surface area contributed by atoms with Gasteiger partial charge in [0, 0.05) is 31.7 Å². The maximum atomic E-state index is 11.6. The van der Waals surface area contributed by atoms with Crippen molar-refractivity contribution in [3.63, 3.8) is 0 Å². The molecule has 6 heteroatoms. The molecule has 0 amide bonds. The van der Waals surface area contributed by atoms with Crippen LogP contribution in [0, 0.1) is 19.8 Å². The van der Waals surface area contributed by atoms with Crippen molar-refractivity contribution in [1.82, 2.24) is 14.7 Å². The molecule has 2 heterocycles. The Labute approximate surface area is 150 Å². The number of nitrogens with zero attached hydrogens (tertiary/aromatic N) is 3. The highest BCUT2D eigenvalue weighted by Crippen LogP contribution is 2.25. The van der Waals surface area contributed by atoms with Crippen LogP contribution < -0.4 is 0 Å². The molecule has 0 N–H and O–H groups in total. The highest BCUT2D eigenvalue weighted by molar-refractivity contribution is 7.90. The molecule has 1 fully saturated rings. The molecule has 1 atom stereocenters. The predicted molar refractivity (Wildman–Crippen MR) is 101 cm³/mol. The van der Waals surface area contributed by atoms with Gasteiger partial charge in [-0.05, 0) is 56.3 Å². The van der Waals surface area contributed by atoms with Gasteiger partial charge in [-0.3, -0.25) is 4.90 Å². The minimum Gasteiger partial charge on any atom is -0.299 e. The zero-order valence-electron chi connectivity index (χ0n) is 15.3. The maximum Gasteiger partial charge on any atom is 0.147 e. The van der Waals surface area contributed by atoms with Crippen molar-refractivity contribution in [3.05, 3.63) is 47.3 Å². The number of rotatable bonds is 5. The van der Waals surface area contributed by atoms with Gasteiger partial charge in [0.25, 0.3) is 0 Å². The first-order valence-corrected chi connectivity index (χ1v) is 10.9. The predicted octanol–water partition coefficient (Wildman–Crippen LogP) is 2.75. The van der Waals surface area contributed by atoms with E-state index in [1.165, 1.54) is 22.9 Å². The summed E-state index contributed by atoms with van der Waals surface area (Å²) in [4.78, 5) is 2.39. The van der Waals surface area contributed by atoms with Crippen molar-refractivity contribution < 1.29 is 8.42 Å². The molecular weight excluding hydrogens is 334 g/mol. The molecule has 1 unspecified atom stereocenters. The van der Waals surface area contributed by atoms with Gasteiger partial charge in [0.2, 0.25) is 0 Å². The van der Waals surface area contributed by atoms with Gasteiger partial charge in [-0.2, -0.15) is 5.10 Å². The van der Waals surface area contributed by atoms with Gasteiger partial charge in [-0.1, -0.05) is 17.7 Å². The first-order valence-electron chi connectivity index (χ1n) is 8.82.